The van der Waals surface area contributed by atoms with Gasteiger partial charge in [0.2, 0.25) is 0 Å². The van der Waals surface area contributed by atoms with Gasteiger partial charge in [0.05, 0.1) is 0 Å². The number of halogens is 2. The lowest BCUT2D eigenvalue weighted by Gasteiger charge is -2.35. The van der Waals surface area contributed by atoms with E-state index in [1.807, 2.05) is 19.1 Å². The smallest absolute Gasteiger partial charge is 0.387 e. The molecule has 0 bridgehead atoms. The fourth-order valence-electron chi connectivity index (χ4n) is 3.82. The van der Waals surface area contributed by atoms with Crippen LogP contribution in [-0.2, 0) is 0 Å². The zero-order valence-electron chi connectivity index (χ0n) is 18.1. The van der Waals surface area contributed by atoms with Crippen LogP contribution in [0.3, 0.4) is 0 Å². The highest BCUT2D eigenvalue weighted by molar-refractivity contribution is 5.80. The largest absolute Gasteiger partial charge is 0.435 e. The van der Waals surface area contributed by atoms with Crippen LogP contribution in [0.2, 0.25) is 0 Å². The molecule has 3 N–H and O–H groups in total. The minimum absolute atomic E-state index is 0.173. The molecule has 2 atom stereocenters. The maximum Gasteiger partial charge on any atom is 0.387 e. The fourth-order valence-corrected chi connectivity index (χ4v) is 3.82. The van der Waals surface area contributed by atoms with E-state index >= 15 is 0 Å². The van der Waals surface area contributed by atoms with Crippen molar-refractivity contribution in [2.75, 3.05) is 37.7 Å². The van der Waals surface area contributed by atoms with Crippen molar-refractivity contribution >= 4 is 11.6 Å². The lowest BCUT2D eigenvalue weighted by molar-refractivity contribution is -0.0498. The minimum Gasteiger partial charge on any atom is -0.435 e. The summed E-state index contributed by atoms with van der Waals surface area (Å²) in [4.78, 5) is 7.01. The molecule has 1 aromatic carbocycles. The first-order chi connectivity index (χ1) is 14.5. The summed E-state index contributed by atoms with van der Waals surface area (Å²) >= 11 is 0. The topological polar surface area (TPSA) is 69.1 Å². The van der Waals surface area contributed by atoms with E-state index in [0.29, 0.717) is 12.5 Å². The molecule has 1 heterocycles. The summed E-state index contributed by atoms with van der Waals surface area (Å²) in [5.74, 6) is 1.38. The number of guanidine groups is 1. The Morgan fingerprint density at radius 2 is 2.03 bits per heavy atom. The first-order valence-corrected chi connectivity index (χ1v) is 11.0. The van der Waals surface area contributed by atoms with Gasteiger partial charge < -0.3 is 25.4 Å². The highest BCUT2D eigenvalue weighted by Gasteiger charge is 2.21. The molecular formula is C22H36F2N4O2. The van der Waals surface area contributed by atoms with Gasteiger partial charge in [0.15, 0.2) is 5.96 Å². The Morgan fingerprint density at radius 3 is 2.67 bits per heavy atom. The standard InChI is InChI=1S/C22H36F2N4O2/c1-3-6-17(12-14-29)15-26-22(25-4-2)27-18-7-5-13-28(16-18)19-8-10-20(11-9-19)30-21(23)24/h8-11,17-18,21,29H,3-7,12-16H2,1-2H3,(H2,25,26,27). The number of aliphatic hydroxyl groups is 1. The molecule has 0 spiro atoms. The van der Waals surface area contributed by atoms with Crippen LogP contribution >= 0.6 is 0 Å². The molecule has 2 unspecified atom stereocenters. The summed E-state index contributed by atoms with van der Waals surface area (Å²) in [5, 5.41) is 16.1. The molecule has 0 amide bonds. The fraction of sp³-hybridized carbons (Fsp3) is 0.682. The molecule has 2 rings (SSSR count). The number of aliphatic imine (C=N–C) groups is 1. The molecule has 0 saturated carbocycles. The lowest BCUT2D eigenvalue weighted by atomic mass is 10.0. The van der Waals surface area contributed by atoms with Gasteiger partial charge in [-0.1, -0.05) is 13.3 Å². The lowest BCUT2D eigenvalue weighted by Crippen LogP contribution is -2.51. The van der Waals surface area contributed by atoms with E-state index in [0.717, 1.165) is 63.4 Å². The quantitative estimate of drug-likeness (QED) is 0.373. The summed E-state index contributed by atoms with van der Waals surface area (Å²) in [6.07, 6.45) is 5.01. The van der Waals surface area contributed by atoms with Crippen molar-refractivity contribution in [1.82, 2.24) is 10.6 Å². The summed E-state index contributed by atoms with van der Waals surface area (Å²) in [5.41, 5.74) is 0.996. The van der Waals surface area contributed by atoms with E-state index in [-0.39, 0.29) is 18.4 Å². The van der Waals surface area contributed by atoms with Crippen LogP contribution in [0.4, 0.5) is 14.5 Å². The second kappa shape index (κ2) is 13.3. The number of nitrogens with zero attached hydrogens (tertiary/aromatic N) is 2. The first kappa shape index (κ1) is 24.2. The number of anilines is 1. The highest BCUT2D eigenvalue weighted by Crippen LogP contribution is 2.24. The molecule has 0 radical (unpaired) electrons. The second-order valence-electron chi connectivity index (χ2n) is 7.69. The van der Waals surface area contributed by atoms with Crippen LogP contribution in [0, 0.1) is 5.92 Å². The Bertz CT molecular complexity index is 622. The van der Waals surface area contributed by atoms with Crippen molar-refractivity contribution in [2.24, 2.45) is 10.9 Å². The van der Waals surface area contributed by atoms with Gasteiger partial charge in [-0.15, -0.1) is 0 Å². The van der Waals surface area contributed by atoms with E-state index in [1.165, 1.54) is 0 Å². The number of ether oxygens (including phenoxy) is 1. The zero-order valence-corrected chi connectivity index (χ0v) is 18.1. The predicted molar refractivity (Wildman–Crippen MR) is 118 cm³/mol. The molecule has 1 saturated heterocycles. The first-order valence-electron chi connectivity index (χ1n) is 11.0. The number of nitrogens with one attached hydrogen (secondary N) is 2. The number of hydrogen-bond acceptors (Lipinski definition) is 4. The van der Waals surface area contributed by atoms with E-state index in [9.17, 15) is 13.9 Å². The normalized spacial score (nSPS) is 18.4. The monoisotopic (exact) mass is 426 g/mol. The van der Waals surface area contributed by atoms with Crippen molar-refractivity contribution in [1.29, 1.82) is 0 Å². The van der Waals surface area contributed by atoms with Gasteiger partial charge >= 0.3 is 6.61 Å². The Balaban J connectivity index is 1.95. The van der Waals surface area contributed by atoms with Gasteiger partial charge in [0, 0.05) is 44.5 Å². The molecular weight excluding hydrogens is 390 g/mol. The van der Waals surface area contributed by atoms with Crippen molar-refractivity contribution in [3.05, 3.63) is 24.3 Å². The number of aliphatic hydroxyl groups excluding tert-OH is 1. The van der Waals surface area contributed by atoms with Crippen molar-refractivity contribution in [3.63, 3.8) is 0 Å². The molecule has 0 aliphatic carbocycles. The molecule has 1 aromatic rings. The van der Waals surface area contributed by atoms with E-state index in [4.69, 9.17) is 4.99 Å². The average Bonchev–Trinajstić information content (AvgIpc) is 2.73. The molecule has 8 heteroatoms. The summed E-state index contributed by atoms with van der Waals surface area (Å²) < 4.78 is 29.1. The molecule has 0 aromatic heterocycles. The van der Waals surface area contributed by atoms with Gasteiger partial charge in [0.25, 0.3) is 0 Å². The molecule has 6 nitrogen and oxygen atoms in total. The number of alkyl halides is 2. The number of piperidine rings is 1. The maximum absolute atomic E-state index is 12.3. The number of hydrogen-bond donors (Lipinski definition) is 3. The van der Waals surface area contributed by atoms with Crippen molar-refractivity contribution in [3.8, 4) is 5.75 Å². The average molecular weight is 427 g/mol. The highest BCUT2D eigenvalue weighted by atomic mass is 19.3. The van der Waals surface area contributed by atoms with Crippen LogP contribution in [0.5, 0.6) is 5.75 Å². The predicted octanol–water partition coefficient (Wildman–Crippen LogP) is 3.61. The van der Waals surface area contributed by atoms with Crippen molar-refractivity contribution < 1.29 is 18.6 Å². The number of rotatable bonds is 11. The second-order valence-corrected chi connectivity index (χ2v) is 7.69. The third kappa shape index (κ3) is 8.34. The van der Waals surface area contributed by atoms with Crippen LogP contribution < -0.4 is 20.3 Å². The maximum atomic E-state index is 12.3. The third-order valence-electron chi connectivity index (χ3n) is 5.28. The molecule has 1 aliphatic rings. The van der Waals surface area contributed by atoms with Gasteiger partial charge in [-0.05, 0) is 62.8 Å². The van der Waals surface area contributed by atoms with E-state index < -0.39 is 6.61 Å². The van der Waals surface area contributed by atoms with E-state index in [2.05, 4.69) is 27.2 Å². The van der Waals surface area contributed by atoms with Crippen molar-refractivity contribution in [2.45, 2.75) is 58.6 Å². The third-order valence-corrected chi connectivity index (χ3v) is 5.28. The van der Waals surface area contributed by atoms with Crippen LogP contribution in [0.25, 0.3) is 0 Å². The SMILES string of the molecule is CCCC(CCO)CN=C(NCC)NC1CCCN(c2ccc(OC(F)F)cc2)C1. The summed E-state index contributed by atoms with van der Waals surface area (Å²) in [7, 11) is 0. The summed E-state index contributed by atoms with van der Waals surface area (Å²) in [6.45, 7) is 4.81. The Hall–Kier alpha value is -2.09. The van der Waals surface area contributed by atoms with Crippen LogP contribution in [-0.4, -0.2) is 56.5 Å². The van der Waals surface area contributed by atoms with E-state index in [1.54, 1.807) is 12.1 Å². The molecule has 170 valence electrons. The molecule has 1 aliphatic heterocycles. The van der Waals surface area contributed by atoms with Crippen LogP contribution in [0.1, 0.15) is 46.0 Å². The van der Waals surface area contributed by atoms with Gasteiger partial charge in [-0.3, -0.25) is 4.99 Å². The molecule has 30 heavy (non-hydrogen) atoms. The minimum atomic E-state index is -2.81. The molecule has 1 fully saturated rings. The van der Waals surface area contributed by atoms with Gasteiger partial charge in [-0.25, -0.2) is 0 Å². The van der Waals surface area contributed by atoms with Gasteiger partial charge in [0.1, 0.15) is 5.75 Å². The Labute approximate surface area is 178 Å². The zero-order chi connectivity index (χ0) is 21.8. The Kier molecular flexibility index (Phi) is 10.7. The Morgan fingerprint density at radius 1 is 1.27 bits per heavy atom. The van der Waals surface area contributed by atoms with Crippen LogP contribution in [0.15, 0.2) is 29.3 Å². The van der Waals surface area contributed by atoms with Gasteiger partial charge in [-0.2, -0.15) is 8.78 Å². The number of benzene rings is 1. The summed E-state index contributed by atoms with van der Waals surface area (Å²) in [6, 6.07) is 7.06.